The molecule has 0 saturated heterocycles. The van der Waals surface area contributed by atoms with Gasteiger partial charge in [0.05, 0.1) is 5.41 Å². The molecular weight excluding hydrogens is 721 g/mol. The van der Waals surface area contributed by atoms with Crippen molar-refractivity contribution >= 4 is 10.8 Å². The van der Waals surface area contributed by atoms with Gasteiger partial charge in [0, 0.05) is 5.92 Å². The Balaban J connectivity index is 1.09. The molecule has 0 aromatic heterocycles. The molecule has 0 aliphatic heterocycles. The van der Waals surface area contributed by atoms with Crippen LogP contribution in [-0.2, 0) is 5.41 Å². The van der Waals surface area contributed by atoms with Crippen molar-refractivity contribution in [3.63, 3.8) is 0 Å². The second kappa shape index (κ2) is 13.8. The Labute approximate surface area is 351 Å². The van der Waals surface area contributed by atoms with Gasteiger partial charge in [-0.2, -0.15) is 0 Å². The summed E-state index contributed by atoms with van der Waals surface area (Å²) in [6, 6.07) is 88.0. The average molecular weight is 761 g/mol. The lowest BCUT2D eigenvalue weighted by atomic mass is 9.66. The van der Waals surface area contributed by atoms with Crippen molar-refractivity contribution in [2.75, 3.05) is 0 Å². The van der Waals surface area contributed by atoms with Gasteiger partial charge in [0.2, 0.25) is 0 Å². The molecule has 0 N–H and O–H groups in total. The van der Waals surface area contributed by atoms with Crippen molar-refractivity contribution < 1.29 is 0 Å². The Bertz CT molecular complexity index is 3120. The maximum Gasteiger partial charge on any atom is 0.0719 e. The molecule has 0 heteroatoms. The highest BCUT2D eigenvalue weighted by molar-refractivity contribution is 6.11. The molecule has 280 valence electrons. The first-order chi connectivity index (χ1) is 29.8. The molecule has 0 amide bonds. The Morgan fingerprint density at radius 1 is 0.317 bits per heavy atom. The Kier molecular flexibility index (Phi) is 7.93. The number of hydrogen-bond donors (Lipinski definition) is 0. The second-order valence-electron chi connectivity index (χ2n) is 16.3. The quantitative estimate of drug-likeness (QED) is 0.158. The summed E-state index contributed by atoms with van der Waals surface area (Å²) in [6.45, 7) is 0. The zero-order valence-electron chi connectivity index (χ0n) is 33.1. The smallest absolute Gasteiger partial charge is 0.0622 e. The largest absolute Gasteiger partial charge is 0.0719 e. The highest BCUT2D eigenvalue weighted by Crippen LogP contribution is 2.64. The lowest BCUT2D eigenvalue weighted by molar-refractivity contribution is 0.775. The molecule has 1 atom stereocenters. The van der Waals surface area contributed by atoms with Crippen molar-refractivity contribution in [1.82, 2.24) is 0 Å². The van der Waals surface area contributed by atoms with Gasteiger partial charge in [0.25, 0.3) is 0 Å². The second-order valence-corrected chi connectivity index (χ2v) is 16.3. The summed E-state index contributed by atoms with van der Waals surface area (Å²) >= 11 is 0. The van der Waals surface area contributed by atoms with Crippen molar-refractivity contribution in [3.8, 4) is 55.6 Å². The van der Waals surface area contributed by atoms with Crippen LogP contribution in [-0.4, -0.2) is 0 Å². The van der Waals surface area contributed by atoms with E-state index in [-0.39, 0.29) is 5.92 Å². The van der Waals surface area contributed by atoms with Crippen LogP contribution in [0.15, 0.2) is 237 Å². The third-order valence-corrected chi connectivity index (χ3v) is 13.2. The summed E-state index contributed by atoms with van der Waals surface area (Å²) in [5, 5.41) is 2.64. The summed E-state index contributed by atoms with van der Waals surface area (Å²) in [6.07, 6.45) is 0. The van der Waals surface area contributed by atoms with Crippen LogP contribution in [0.3, 0.4) is 0 Å². The van der Waals surface area contributed by atoms with E-state index in [9.17, 15) is 0 Å². The summed E-state index contributed by atoms with van der Waals surface area (Å²) in [7, 11) is 0. The lowest BCUT2D eigenvalue weighted by Gasteiger charge is -2.35. The van der Waals surface area contributed by atoms with Gasteiger partial charge in [-0.3, -0.25) is 0 Å². The molecule has 0 radical (unpaired) electrons. The molecule has 0 nitrogen and oxygen atoms in total. The zero-order valence-corrected chi connectivity index (χ0v) is 33.1. The molecule has 0 fully saturated rings. The van der Waals surface area contributed by atoms with Crippen LogP contribution in [0.4, 0.5) is 0 Å². The van der Waals surface area contributed by atoms with E-state index in [1.54, 1.807) is 0 Å². The van der Waals surface area contributed by atoms with E-state index in [0.29, 0.717) is 0 Å². The highest BCUT2D eigenvalue weighted by atomic mass is 14.5. The van der Waals surface area contributed by atoms with Crippen LogP contribution in [0.2, 0.25) is 0 Å². The maximum atomic E-state index is 2.39. The van der Waals surface area contributed by atoms with Crippen molar-refractivity contribution in [1.29, 1.82) is 0 Å². The Morgan fingerprint density at radius 3 is 1.35 bits per heavy atom. The fraction of sp³-hybridized carbons (Fsp3) is 0.0333. The number of rotatable bonds is 6. The number of benzene rings is 10. The standard InChI is InChI=1S/C60H40/c1-5-19-40(20-6-1)44-37-45(41-21-7-2-8-22-41)39-46(38-44)42-33-35-43(36-34-42)55-49-27-13-14-28-50(49)57-56(55)51-29-15-16-30-52(51)59-58(57)53-31-17-18-32-54(53)60(59,47-23-9-3-10-24-47)48-25-11-4-12-26-48/h1-39,55H. The minimum absolute atomic E-state index is 0.0756. The predicted octanol–water partition coefficient (Wildman–Crippen LogP) is 15.4. The van der Waals surface area contributed by atoms with Gasteiger partial charge in [-0.1, -0.05) is 218 Å². The summed E-state index contributed by atoms with van der Waals surface area (Å²) in [4.78, 5) is 0. The first kappa shape index (κ1) is 34.5. The van der Waals surface area contributed by atoms with Gasteiger partial charge in [-0.15, -0.1) is 0 Å². The van der Waals surface area contributed by atoms with Crippen molar-refractivity contribution in [3.05, 3.63) is 276 Å². The van der Waals surface area contributed by atoms with E-state index < -0.39 is 5.41 Å². The van der Waals surface area contributed by atoms with E-state index in [4.69, 9.17) is 0 Å². The molecule has 10 aromatic carbocycles. The van der Waals surface area contributed by atoms with Crippen LogP contribution < -0.4 is 0 Å². The monoisotopic (exact) mass is 760 g/mol. The first-order valence-corrected chi connectivity index (χ1v) is 21.0. The van der Waals surface area contributed by atoms with E-state index in [2.05, 4.69) is 237 Å². The van der Waals surface area contributed by atoms with Crippen LogP contribution in [0.1, 0.15) is 44.9 Å². The molecule has 0 spiro atoms. The first-order valence-electron chi connectivity index (χ1n) is 21.0. The Hall–Kier alpha value is -7.54. The van der Waals surface area contributed by atoms with Crippen LogP contribution in [0, 0.1) is 0 Å². The lowest BCUT2D eigenvalue weighted by Crippen LogP contribution is -2.29. The van der Waals surface area contributed by atoms with Crippen molar-refractivity contribution in [2.24, 2.45) is 0 Å². The van der Waals surface area contributed by atoms with E-state index in [1.807, 2.05) is 0 Å². The van der Waals surface area contributed by atoms with Crippen LogP contribution in [0.25, 0.3) is 66.4 Å². The Morgan fingerprint density at radius 2 is 0.767 bits per heavy atom. The highest BCUT2D eigenvalue weighted by Gasteiger charge is 2.50. The fourth-order valence-electron chi connectivity index (χ4n) is 10.7. The molecular formula is C60H40. The number of fused-ring (bicyclic) bond motifs is 10. The molecule has 2 aliphatic rings. The van der Waals surface area contributed by atoms with Gasteiger partial charge in [-0.25, -0.2) is 0 Å². The van der Waals surface area contributed by atoms with Crippen LogP contribution in [0.5, 0.6) is 0 Å². The maximum absolute atomic E-state index is 2.39. The average Bonchev–Trinajstić information content (AvgIpc) is 3.85. The third-order valence-electron chi connectivity index (χ3n) is 13.2. The molecule has 0 saturated carbocycles. The normalized spacial score (nSPS) is 14.3. The summed E-state index contributed by atoms with van der Waals surface area (Å²) in [5.41, 5.74) is 21.6. The molecule has 10 aromatic rings. The molecule has 1 unspecified atom stereocenters. The van der Waals surface area contributed by atoms with E-state index >= 15 is 0 Å². The van der Waals surface area contributed by atoms with Gasteiger partial charge < -0.3 is 0 Å². The third kappa shape index (κ3) is 5.11. The fourth-order valence-corrected chi connectivity index (χ4v) is 10.7. The van der Waals surface area contributed by atoms with Gasteiger partial charge in [0.1, 0.15) is 0 Å². The van der Waals surface area contributed by atoms with Gasteiger partial charge >= 0.3 is 0 Å². The van der Waals surface area contributed by atoms with Gasteiger partial charge in [0.15, 0.2) is 0 Å². The molecule has 2 aliphatic carbocycles. The van der Waals surface area contributed by atoms with Crippen molar-refractivity contribution in [2.45, 2.75) is 11.3 Å². The SMILES string of the molecule is c1ccc(-c2cc(-c3ccccc3)cc(-c3ccc(C4c5ccccc5-c5c6c(c7ccccc7c54)C(c4ccccc4)(c4ccccc4)c4ccccc4-6)cc3)c2)cc1. The zero-order chi connectivity index (χ0) is 39.6. The van der Waals surface area contributed by atoms with E-state index in [1.165, 1.54) is 105 Å². The van der Waals surface area contributed by atoms with Gasteiger partial charge in [-0.05, 0) is 124 Å². The van der Waals surface area contributed by atoms with E-state index in [0.717, 1.165) is 0 Å². The molecule has 60 heavy (non-hydrogen) atoms. The molecule has 0 heterocycles. The number of hydrogen-bond acceptors (Lipinski definition) is 0. The summed E-state index contributed by atoms with van der Waals surface area (Å²) < 4.78 is 0. The molecule has 12 rings (SSSR count). The predicted molar refractivity (Wildman–Crippen MR) is 250 cm³/mol. The summed E-state index contributed by atoms with van der Waals surface area (Å²) in [5.74, 6) is 0.0756. The topological polar surface area (TPSA) is 0 Å². The minimum Gasteiger partial charge on any atom is -0.0622 e. The minimum atomic E-state index is -0.495. The molecule has 0 bridgehead atoms. The van der Waals surface area contributed by atoms with Crippen LogP contribution >= 0.6 is 0 Å².